The summed E-state index contributed by atoms with van der Waals surface area (Å²) in [5, 5.41) is 2.13. The average Bonchev–Trinajstić information content (AvgIpc) is 3.32. The second-order valence-corrected chi connectivity index (χ2v) is 19.0. The highest BCUT2D eigenvalue weighted by Crippen LogP contribution is 2.65. The first kappa shape index (κ1) is 38.1. The number of ketones is 3. The lowest BCUT2D eigenvalue weighted by atomic mass is 9.67. The van der Waals surface area contributed by atoms with Crippen LogP contribution in [0, 0.1) is 34.5 Å². The lowest BCUT2D eigenvalue weighted by molar-refractivity contribution is -0.146. The second-order valence-electron chi connectivity index (χ2n) is 16.8. The number of nitrogens with one attached hydrogen (secondary N) is 1. The lowest BCUT2D eigenvalue weighted by Gasteiger charge is -2.41. The van der Waals surface area contributed by atoms with Crippen LogP contribution in [-0.4, -0.2) is 84.8 Å². The van der Waals surface area contributed by atoms with Crippen LogP contribution in [0.1, 0.15) is 136 Å². The Bertz CT molecular complexity index is 1370. The Labute approximate surface area is 294 Å². The molecule has 2 aliphatic carbocycles. The van der Waals surface area contributed by atoms with Crippen LogP contribution >= 0.6 is 0 Å². The molecule has 5 fully saturated rings. The molecule has 5 rings (SSSR count). The largest absolute Gasteiger partial charge is 0.350 e. The average molecular weight is 704 g/mol. The predicted octanol–water partition coefficient (Wildman–Crippen LogP) is 5.22. The lowest BCUT2D eigenvalue weighted by Crippen LogP contribution is -2.49. The molecule has 3 heterocycles. The van der Waals surface area contributed by atoms with Crippen molar-refractivity contribution in [3.05, 3.63) is 0 Å². The van der Waals surface area contributed by atoms with Crippen molar-refractivity contribution in [1.29, 1.82) is 0 Å². The van der Waals surface area contributed by atoms with E-state index in [0.29, 0.717) is 58.2 Å². The van der Waals surface area contributed by atoms with Crippen molar-refractivity contribution in [1.82, 2.24) is 14.5 Å². The van der Waals surface area contributed by atoms with Crippen molar-refractivity contribution in [3.63, 3.8) is 0 Å². The molecule has 0 aromatic heterocycles. The van der Waals surface area contributed by atoms with Gasteiger partial charge in [0.05, 0.1) is 11.3 Å². The highest BCUT2D eigenvalue weighted by molar-refractivity contribution is 7.90. The summed E-state index contributed by atoms with van der Waals surface area (Å²) in [6.45, 7) is 7.53. The van der Waals surface area contributed by atoms with Crippen LogP contribution in [0.3, 0.4) is 0 Å². The molecule has 3 saturated heterocycles. The molecule has 6 atom stereocenters. The van der Waals surface area contributed by atoms with Crippen LogP contribution in [0.4, 0.5) is 0 Å². The minimum atomic E-state index is -3.48. The summed E-state index contributed by atoms with van der Waals surface area (Å²) in [5.74, 6) is -2.61. The van der Waals surface area contributed by atoms with Crippen LogP contribution in [0.15, 0.2) is 0 Å². The maximum Gasteiger partial charge on any atom is 0.287 e. The van der Waals surface area contributed by atoms with Crippen LogP contribution in [0.5, 0.6) is 0 Å². The van der Waals surface area contributed by atoms with E-state index < -0.39 is 50.3 Å². The van der Waals surface area contributed by atoms with E-state index in [1.165, 1.54) is 4.31 Å². The Morgan fingerprint density at radius 3 is 2.16 bits per heavy atom. The number of piperidine rings is 1. The van der Waals surface area contributed by atoms with Gasteiger partial charge in [-0.1, -0.05) is 78.6 Å². The smallest absolute Gasteiger partial charge is 0.287 e. The Morgan fingerprint density at radius 1 is 0.898 bits per heavy atom. The van der Waals surface area contributed by atoms with Gasteiger partial charge >= 0.3 is 0 Å². The van der Waals surface area contributed by atoms with E-state index in [0.717, 1.165) is 57.8 Å². The fourth-order valence-corrected chi connectivity index (χ4v) is 12.3. The third-order valence-corrected chi connectivity index (χ3v) is 15.7. The van der Waals surface area contributed by atoms with Crippen LogP contribution < -0.4 is 5.32 Å². The van der Waals surface area contributed by atoms with Crippen LogP contribution in [0.2, 0.25) is 0 Å². The zero-order valence-corrected chi connectivity index (χ0v) is 31.3. The summed E-state index contributed by atoms with van der Waals surface area (Å²) in [4.78, 5) is 70.6. The van der Waals surface area contributed by atoms with E-state index >= 15 is 0 Å². The standard InChI is InChI=1S/C38H61N3O7S/c1-5-20-39-35(45)34(44)26-15-11-8-6-7-9-12-16-27(36(46)41-25-29-32(37(29,2)3)33(41)30(43)23-26)22-28(42)24-38(18-13-10-14-19-38)31-17-21-40(4)49(31,47)48/h26-27,29,31-33H,5-25H2,1-4H3,(H,39,45)/t26-,27-,29+,31+,32+,33-/m1/s1. The number of carbonyl (C=O) groups is 5. The molecule has 11 heteroatoms. The first-order valence-corrected chi connectivity index (χ1v) is 20.9. The third-order valence-electron chi connectivity index (χ3n) is 13.2. The normalized spacial score (nSPS) is 33.5. The molecular weight excluding hydrogens is 642 g/mol. The predicted molar refractivity (Wildman–Crippen MR) is 188 cm³/mol. The van der Waals surface area contributed by atoms with Gasteiger partial charge in [-0.05, 0) is 61.2 Å². The maximum absolute atomic E-state index is 14.5. The molecule has 10 nitrogen and oxygen atoms in total. The van der Waals surface area contributed by atoms with Gasteiger partial charge in [0.2, 0.25) is 21.7 Å². The summed E-state index contributed by atoms with van der Waals surface area (Å²) >= 11 is 0. The van der Waals surface area contributed by atoms with Gasteiger partial charge in [-0.3, -0.25) is 24.0 Å². The zero-order chi connectivity index (χ0) is 35.6. The minimum absolute atomic E-state index is 0.00396. The Morgan fingerprint density at radius 2 is 1.53 bits per heavy atom. The van der Waals surface area contributed by atoms with E-state index in [9.17, 15) is 32.4 Å². The van der Waals surface area contributed by atoms with Gasteiger partial charge in [-0.2, -0.15) is 0 Å². The van der Waals surface area contributed by atoms with Gasteiger partial charge in [-0.15, -0.1) is 0 Å². The Kier molecular flexibility index (Phi) is 12.1. The summed E-state index contributed by atoms with van der Waals surface area (Å²) in [5.41, 5.74) is -0.693. The van der Waals surface area contributed by atoms with Gasteiger partial charge < -0.3 is 10.2 Å². The number of rotatable bonds is 9. The molecule has 276 valence electrons. The summed E-state index contributed by atoms with van der Waals surface area (Å²) in [7, 11) is -1.85. The molecule has 0 radical (unpaired) electrons. The Hall–Kier alpha value is -2.14. The first-order chi connectivity index (χ1) is 23.2. The molecule has 1 N–H and O–H groups in total. The van der Waals surface area contributed by atoms with Gasteiger partial charge in [0.1, 0.15) is 5.78 Å². The second kappa shape index (κ2) is 15.6. The molecule has 0 aromatic carbocycles. The number of sulfonamides is 1. The topological polar surface area (TPSA) is 138 Å². The first-order valence-electron chi connectivity index (χ1n) is 19.4. The molecule has 0 spiro atoms. The number of hydrogen-bond acceptors (Lipinski definition) is 7. The molecular formula is C38H61N3O7S. The van der Waals surface area contributed by atoms with Gasteiger partial charge in [0.15, 0.2) is 5.78 Å². The summed E-state index contributed by atoms with van der Waals surface area (Å²) < 4.78 is 28.2. The molecule has 49 heavy (non-hydrogen) atoms. The molecule has 2 amide bonds. The van der Waals surface area contributed by atoms with E-state index in [-0.39, 0.29) is 54.0 Å². The van der Waals surface area contributed by atoms with Crippen molar-refractivity contribution >= 4 is 39.2 Å². The SMILES string of the molecule is CCCNC(=O)C(=O)[C@@H]1CCCCCCCC[C@H](CC(=O)CC2([C@@H]3CCN(C)S3(=O)=O)CCCCC2)C(=O)N2C[C@H]3[C@@H]([C@H]2C(=O)C1)C3(C)C. The molecule has 0 unspecified atom stereocenters. The van der Waals surface area contributed by atoms with Crippen molar-refractivity contribution < 1.29 is 32.4 Å². The van der Waals surface area contributed by atoms with Crippen LogP contribution in [-0.2, 0) is 34.0 Å². The van der Waals surface area contributed by atoms with E-state index in [4.69, 9.17) is 0 Å². The van der Waals surface area contributed by atoms with E-state index in [2.05, 4.69) is 19.2 Å². The number of nitrogens with zero attached hydrogens (tertiary/aromatic N) is 2. The summed E-state index contributed by atoms with van der Waals surface area (Å²) in [6.07, 6.45) is 12.1. The van der Waals surface area contributed by atoms with Crippen molar-refractivity contribution in [2.75, 3.05) is 26.7 Å². The third kappa shape index (κ3) is 8.02. The Balaban J connectivity index is 1.37. The number of fused-ring (bicyclic) bond motifs is 3. The number of amides is 2. The van der Waals surface area contributed by atoms with Crippen molar-refractivity contribution in [2.24, 2.45) is 34.5 Å². The van der Waals surface area contributed by atoms with E-state index in [1.807, 2.05) is 6.92 Å². The highest BCUT2D eigenvalue weighted by atomic mass is 32.2. The molecule has 0 bridgehead atoms. The number of Topliss-reactive ketones (excluding diaryl/α,β-unsaturated/α-hetero) is 3. The van der Waals surface area contributed by atoms with Crippen molar-refractivity contribution in [2.45, 2.75) is 148 Å². The maximum atomic E-state index is 14.5. The quantitative estimate of drug-likeness (QED) is 0.325. The monoisotopic (exact) mass is 703 g/mol. The van der Waals surface area contributed by atoms with Crippen molar-refractivity contribution in [3.8, 4) is 0 Å². The van der Waals surface area contributed by atoms with E-state index in [1.54, 1.807) is 11.9 Å². The van der Waals surface area contributed by atoms with Gasteiger partial charge in [-0.25, -0.2) is 12.7 Å². The van der Waals surface area contributed by atoms with Gasteiger partial charge in [0, 0.05) is 57.8 Å². The molecule has 2 saturated carbocycles. The molecule has 5 aliphatic rings. The zero-order valence-electron chi connectivity index (χ0n) is 30.5. The number of hydrogen-bond donors (Lipinski definition) is 1. The fourth-order valence-electron chi connectivity index (χ4n) is 10.1. The molecule has 0 aromatic rings. The minimum Gasteiger partial charge on any atom is -0.350 e. The van der Waals surface area contributed by atoms with Crippen LogP contribution in [0.25, 0.3) is 0 Å². The highest BCUT2D eigenvalue weighted by Gasteiger charge is 2.69. The fraction of sp³-hybridized carbons (Fsp3) is 0.868. The number of carbonyl (C=O) groups excluding carboxylic acids is 5. The summed E-state index contributed by atoms with van der Waals surface area (Å²) in [6, 6.07) is -0.659. The van der Waals surface area contributed by atoms with Gasteiger partial charge in [0.25, 0.3) is 5.91 Å². The molecule has 3 aliphatic heterocycles.